The van der Waals surface area contributed by atoms with E-state index >= 15 is 0 Å². The van der Waals surface area contributed by atoms with Crippen LogP contribution in [0, 0.1) is 10.1 Å². The van der Waals surface area contributed by atoms with E-state index in [4.69, 9.17) is 37.3 Å². The number of phosphoric ester groups is 1. The van der Waals surface area contributed by atoms with Gasteiger partial charge < -0.3 is 23.7 Å². The van der Waals surface area contributed by atoms with Crippen LogP contribution in [0.25, 0.3) is 0 Å². The summed E-state index contributed by atoms with van der Waals surface area (Å²) < 4.78 is 55.4. The number of nitro benzene ring substituents is 1. The Bertz CT molecular complexity index is 1160. The third-order valence-corrected chi connectivity index (χ3v) is 8.08. The zero-order valence-electron chi connectivity index (χ0n) is 28.2. The molecule has 0 aliphatic rings. The van der Waals surface area contributed by atoms with Crippen molar-refractivity contribution in [3.63, 3.8) is 0 Å². The highest BCUT2D eigenvalue weighted by Gasteiger charge is 2.33. The molecule has 47 heavy (non-hydrogen) atoms. The molecule has 0 bridgehead atoms. The van der Waals surface area contributed by atoms with Crippen molar-refractivity contribution >= 4 is 31.4 Å². The van der Waals surface area contributed by atoms with Crippen molar-refractivity contribution in [1.82, 2.24) is 0 Å². The fourth-order valence-corrected chi connectivity index (χ4v) is 5.29. The molecule has 0 spiro atoms. The van der Waals surface area contributed by atoms with Gasteiger partial charge in [0.05, 0.1) is 37.9 Å². The van der Waals surface area contributed by atoms with Crippen molar-refractivity contribution in [2.75, 3.05) is 34.2 Å². The van der Waals surface area contributed by atoms with E-state index in [0.717, 1.165) is 58.3 Å². The highest BCUT2D eigenvalue weighted by atomic mass is 31.2. The number of benzene rings is 1. The quantitative estimate of drug-likeness (QED) is 0.0175. The van der Waals surface area contributed by atoms with Gasteiger partial charge in [0.25, 0.3) is 0 Å². The molecule has 16 heteroatoms. The van der Waals surface area contributed by atoms with E-state index in [2.05, 4.69) is 13.8 Å². The van der Waals surface area contributed by atoms with Crippen LogP contribution in [0.4, 0.5) is 5.69 Å². The lowest BCUT2D eigenvalue weighted by Gasteiger charge is -2.22. The van der Waals surface area contributed by atoms with Crippen LogP contribution in [-0.4, -0.2) is 63.2 Å². The van der Waals surface area contributed by atoms with Crippen LogP contribution in [-0.2, 0) is 53.3 Å². The van der Waals surface area contributed by atoms with Gasteiger partial charge in [0.2, 0.25) is 12.5 Å². The first-order valence-electron chi connectivity index (χ1n) is 15.9. The molecule has 0 aliphatic heterocycles. The van der Waals surface area contributed by atoms with Gasteiger partial charge in [0.1, 0.15) is 6.61 Å². The van der Waals surface area contributed by atoms with Crippen LogP contribution < -0.4 is 9.47 Å². The Kier molecular flexibility index (Phi) is 21.3. The van der Waals surface area contributed by atoms with Gasteiger partial charge in [-0.05, 0) is 25.0 Å². The van der Waals surface area contributed by atoms with Crippen molar-refractivity contribution < 1.29 is 61.1 Å². The minimum absolute atomic E-state index is 0.0634. The lowest BCUT2D eigenvalue weighted by molar-refractivity contribution is -0.386. The topological polar surface area (TPSA) is 185 Å². The molecule has 2 atom stereocenters. The molecule has 0 saturated carbocycles. The molecule has 0 aromatic heterocycles. The molecule has 0 saturated heterocycles. The fourth-order valence-electron chi connectivity index (χ4n) is 4.24. The second kappa shape index (κ2) is 24.0. The summed E-state index contributed by atoms with van der Waals surface area (Å²) in [6.07, 6.45) is 8.29. The molecule has 0 aliphatic carbocycles. The van der Waals surface area contributed by atoms with Crippen molar-refractivity contribution in [2.45, 2.75) is 111 Å². The third-order valence-electron chi connectivity index (χ3n) is 6.75. The number of phosphoric acid groups is 1. The molecule has 0 fully saturated rings. The minimum Gasteiger partial charge on any atom is -0.493 e. The molecule has 1 aromatic rings. The number of nitro groups is 1. The molecule has 1 rings (SSSR count). The zero-order chi connectivity index (χ0) is 35.1. The van der Waals surface area contributed by atoms with E-state index in [1.165, 1.54) is 26.4 Å². The zero-order valence-corrected chi connectivity index (χ0v) is 29.1. The van der Waals surface area contributed by atoms with Crippen LogP contribution >= 0.6 is 7.82 Å². The summed E-state index contributed by atoms with van der Waals surface area (Å²) in [6, 6.07) is 2.70. The first-order valence-corrected chi connectivity index (χ1v) is 17.4. The number of hydrogen-bond donors (Lipinski definition) is 0. The number of carbonyl (C=O) groups is 3. The second-order valence-electron chi connectivity index (χ2n) is 10.6. The SMILES string of the molecule is CCCCCCCC(=O)OC[C@H](COP(=O)(OCOC(C)=O)OCc1ccc(OC)c(OC)c1[N+](=O)[O-])OC(=O)CCCCCCC. The normalized spacial score (nSPS) is 12.9. The second-order valence-corrected chi connectivity index (χ2v) is 12.3. The van der Waals surface area contributed by atoms with Gasteiger partial charge in [-0.3, -0.25) is 33.5 Å². The summed E-state index contributed by atoms with van der Waals surface area (Å²) in [6.45, 7) is 2.78. The van der Waals surface area contributed by atoms with E-state index in [0.29, 0.717) is 12.8 Å². The summed E-state index contributed by atoms with van der Waals surface area (Å²) in [7, 11) is -2.12. The van der Waals surface area contributed by atoms with Gasteiger partial charge in [0, 0.05) is 19.8 Å². The summed E-state index contributed by atoms with van der Waals surface area (Å²) in [5.74, 6) is -1.92. The van der Waals surface area contributed by atoms with Crippen molar-refractivity contribution in [2.24, 2.45) is 0 Å². The lowest BCUT2D eigenvalue weighted by atomic mass is 10.1. The Balaban J connectivity index is 3.07. The standard InChI is InChI=1S/C31H50NO14P/c1-6-8-10-12-14-16-28(34)41-21-26(46-29(35)17-15-13-11-9-7-2)22-44-47(38,45-23-42-24(3)33)43-20-25-18-19-27(39-4)31(40-5)30(25)32(36)37/h18-19,26H,6-17,20-23H2,1-5H3/t26-,47?/m1/s1. The molecule has 268 valence electrons. The number of ether oxygens (including phenoxy) is 5. The first-order chi connectivity index (χ1) is 22.5. The summed E-state index contributed by atoms with van der Waals surface area (Å²) in [4.78, 5) is 47.4. The summed E-state index contributed by atoms with van der Waals surface area (Å²) in [5.41, 5.74) is -0.572. The average molecular weight is 692 g/mol. The van der Waals surface area contributed by atoms with Crippen LogP contribution in [0.2, 0.25) is 0 Å². The summed E-state index contributed by atoms with van der Waals surface area (Å²) in [5, 5.41) is 11.9. The predicted octanol–water partition coefficient (Wildman–Crippen LogP) is 6.97. The van der Waals surface area contributed by atoms with E-state index in [1.807, 2.05) is 0 Å². The number of nitrogens with zero attached hydrogens (tertiary/aromatic N) is 1. The van der Waals surface area contributed by atoms with Gasteiger partial charge in [-0.15, -0.1) is 0 Å². The number of esters is 3. The predicted molar refractivity (Wildman–Crippen MR) is 170 cm³/mol. The number of methoxy groups -OCH3 is 2. The molecule has 1 aromatic carbocycles. The Morgan fingerprint density at radius 3 is 1.98 bits per heavy atom. The van der Waals surface area contributed by atoms with E-state index in [9.17, 15) is 29.1 Å². The minimum atomic E-state index is -4.64. The molecular weight excluding hydrogens is 641 g/mol. The van der Waals surface area contributed by atoms with Crippen LogP contribution in [0.15, 0.2) is 12.1 Å². The van der Waals surface area contributed by atoms with Crippen molar-refractivity contribution in [1.29, 1.82) is 0 Å². The van der Waals surface area contributed by atoms with Crippen molar-refractivity contribution in [3.8, 4) is 11.5 Å². The highest BCUT2D eigenvalue weighted by molar-refractivity contribution is 7.48. The van der Waals surface area contributed by atoms with Gasteiger partial charge >= 0.3 is 31.4 Å². The van der Waals surface area contributed by atoms with Gasteiger partial charge in [-0.1, -0.05) is 65.2 Å². The Labute approximate surface area is 276 Å². The maximum atomic E-state index is 13.6. The van der Waals surface area contributed by atoms with E-state index in [-0.39, 0.29) is 36.5 Å². The number of rotatable bonds is 27. The fraction of sp³-hybridized carbons (Fsp3) is 0.710. The molecule has 0 N–H and O–H groups in total. The highest BCUT2D eigenvalue weighted by Crippen LogP contribution is 2.51. The number of hydrogen-bond acceptors (Lipinski definition) is 14. The molecule has 0 amide bonds. The van der Waals surface area contributed by atoms with Crippen LogP contribution in [0.3, 0.4) is 0 Å². The Morgan fingerprint density at radius 2 is 1.43 bits per heavy atom. The summed E-state index contributed by atoms with van der Waals surface area (Å²) >= 11 is 0. The van der Waals surface area contributed by atoms with Crippen LogP contribution in [0.1, 0.15) is 103 Å². The smallest absolute Gasteiger partial charge is 0.478 e. The van der Waals surface area contributed by atoms with E-state index < -0.39 is 62.5 Å². The maximum Gasteiger partial charge on any atom is 0.478 e. The largest absolute Gasteiger partial charge is 0.493 e. The molecule has 0 heterocycles. The number of carbonyl (C=O) groups excluding carboxylic acids is 3. The molecule has 15 nitrogen and oxygen atoms in total. The molecule has 0 radical (unpaired) electrons. The van der Waals surface area contributed by atoms with E-state index in [1.54, 1.807) is 0 Å². The van der Waals surface area contributed by atoms with Gasteiger partial charge in [-0.25, -0.2) is 9.09 Å². The van der Waals surface area contributed by atoms with Gasteiger partial charge in [0.15, 0.2) is 11.9 Å². The van der Waals surface area contributed by atoms with Gasteiger partial charge in [-0.2, -0.15) is 0 Å². The first kappa shape index (κ1) is 41.8. The maximum absolute atomic E-state index is 13.6. The third kappa shape index (κ3) is 17.5. The Hall–Kier alpha value is -3.26. The lowest BCUT2D eigenvalue weighted by Crippen LogP contribution is -2.29. The monoisotopic (exact) mass is 691 g/mol. The van der Waals surface area contributed by atoms with Crippen LogP contribution in [0.5, 0.6) is 11.5 Å². The average Bonchev–Trinajstić information content (AvgIpc) is 3.04. The van der Waals surface area contributed by atoms with Crippen molar-refractivity contribution in [3.05, 3.63) is 27.8 Å². The Morgan fingerprint density at radius 1 is 0.809 bits per heavy atom. The number of unbranched alkanes of at least 4 members (excludes halogenated alkanes) is 8. The molecule has 1 unspecified atom stereocenters. The molecular formula is C31H50NO14P.